The minimum atomic E-state index is -0.0233. The van der Waals surface area contributed by atoms with Gasteiger partial charge in [0, 0.05) is 39.3 Å². The number of nitrogens with zero attached hydrogens (tertiary/aromatic N) is 1. The van der Waals surface area contributed by atoms with E-state index in [-0.39, 0.29) is 6.04 Å². The summed E-state index contributed by atoms with van der Waals surface area (Å²) < 4.78 is 0. The molecule has 4 unspecified atom stereocenters. The van der Waals surface area contributed by atoms with Gasteiger partial charge < -0.3 is 11.5 Å². The van der Waals surface area contributed by atoms with Gasteiger partial charge in [-0.15, -0.1) is 0 Å². The number of rotatable bonds is 2. The smallest absolute Gasteiger partial charge is 0.128 e. The van der Waals surface area contributed by atoms with E-state index in [9.17, 15) is 0 Å². The number of hydrogen-bond donors (Lipinski definition) is 2. The highest BCUT2D eigenvalue weighted by Gasteiger charge is 2.31. The van der Waals surface area contributed by atoms with Crippen LogP contribution in [0, 0.1) is 6.92 Å². The van der Waals surface area contributed by atoms with Crippen molar-refractivity contribution in [2.75, 3.05) is 11.5 Å². The fraction of sp³-hybridized carbons (Fsp3) is 0.615. The molecule has 0 spiro atoms. The van der Waals surface area contributed by atoms with Crippen molar-refractivity contribution < 1.29 is 0 Å². The van der Waals surface area contributed by atoms with Gasteiger partial charge in [-0.05, 0) is 18.6 Å². The van der Waals surface area contributed by atoms with Crippen molar-refractivity contribution >= 4 is 29.3 Å². The second-order valence-electron chi connectivity index (χ2n) is 4.93. The fourth-order valence-corrected chi connectivity index (χ4v) is 5.10. The van der Waals surface area contributed by atoms with Gasteiger partial charge in [0.2, 0.25) is 0 Å². The molecule has 18 heavy (non-hydrogen) atoms. The van der Waals surface area contributed by atoms with Crippen molar-refractivity contribution in [3.8, 4) is 0 Å². The van der Waals surface area contributed by atoms with Gasteiger partial charge in [0.05, 0.1) is 0 Å². The summed E-state index contributed by atoms with van der Waals surface area (Å²) in [6.07, 6.45) is 1.79. The van der Waals surface area contributed by atoms with Crippen molar-refractivity contribution in [3.63, 3.8) is 0 Å². The molecule has 2 rings (SSSR count). The summed E-state index contributed by atoms with van der Waals surface area (Å²) in [4.78, 5) is 4.21. The number of hydrogen-bond acceptors (Lipinski definition) is 5. The van der Waals surface area contributed by atoms with Crippen molar-refractivity contribution in [1.82, 2.24) is 4.98 Å². The molecule has 1 aromatic heterocycles. The standard InChI is InChI=1S/C13H21N3S2/c1-7-4-10(13(15)16-5-7)12(14)11-6-17-8(2)9(3)18-11/h4-5,8-9,11-12H,6,14H2,1-3H3,(H2,15,16). The van der Waals surface area contributed by atoms with Gasteiger partial charge in [0.25, 0.3) is 0 Å². The molecule has 0 aliphatic carbocycles. The van der Waals surface area contributed by atoms with Crippen molar-refractivity contribution in [3.05, 3.63) is 23.4 Å². The quantitative estimate of drug-likeness (QED) is 0.873. The summed E-state index contributed by atoms with van der Waals surface area (Å²) in [5, 5.41) is 1.76. The molecule has 2 heterocycles. The van der Waals surface area contributed by atoms with Crippen LogP contribution in [-0.2, 0) is 0 Å². The van der Waals surface area contributed by atoms with Gasteiger partial charge in [-0.3, -0.25) is 0 Å². The highest BCUT2D eigenvalue weighted by molar-refractivity contribution is 8.07. The molecule has 0 radical (unpaired) electrons. The Hall–Kier alpha value is -0.390. The van der Waals surface area contributed by atoms with Crippen LogP contribution in [0.15, 0.2) is 12.3 Å². The average Bonchev–Trinajstić information content (AvgIpc) is 2.35. The number of aryl methyl sites for hydroxylation is 1. The van der Waals surface area contributed by atoms with Crippen LogP contribution in [0.5, 0.6) is 0 Å². The fourth-order valence-electron chi connectivity index (χ4n) is 2.07. The Labute approximate surface area is 117 Å². The van der Waals surface area contributed by atoms with E-state index in [1.807, 2.05) is 30.4 Å². The van der Waals surface area contributed by atoms with E-state index in [4.69, 9.17) is 11.5 Å². The lowest BCUT2D eigenvalue weighted by molar-refractivity contribution is 0.706. The summed E-state index contributed by atoms with van der Waals surface area (Å²) in [6.45, 7) is 6.59. The molecule has 3 nitrogen and oxygen atoms in total. The average molecular weight is 283 g/mol. The van der Waals surface area contributed by atoms with Crippen LogP contribution >= 0.6 is 23.5 Å². The van der Waals surface area contributed by atoms with Crippen LogP contribution < -0.4 is 11.5 Å². The number of anilines is 1. The van der Waals surface area contributed by atoms with Crippen molar-refractivity contribution in [2.24, 2.45) is 5.73 Å². The monoisotopic (exact) mass is 283 g/mol. The van der Waals surface area contributed by atoms with Crippen LogP contribution in [0.2, 0.25) is 0 Å². The summed E-state index contributed by atoms with van der Waals surface area (Å²) in [7, 11) is 0. The van der Waals surface area contributed by atoms with Crippen molar-refractivity contribution in [1.29, 1.82) is 0 Å². The molecule has 0 amide bonds. The van der Waals surface area contributed by atoms with Crippen LogP contribution in [-0.4, -0.2) is 26.5 Å². The molecule has 1 aromatic rings. The lowest BCUT2D eigenvalue weighted by Crippen LogP contribution is -2.34. The predicted molar refractivity (Wildman–Crippen MR) is 83.1 cm³/mol. The Morgan fingerprint density at radius 2 is 2.11 bits per heavy atom. The molecule has 5 heteroatoms. The molecule has 0 bridgehead atoms. The highest BCUT2D eigenvalue weighted by Crippen LogP contribution is 2.40. The largest absolute Gasteiger partial charge is 0.383 e. The van der Waals surface area contributed by atoms with E-state index in [0.29, 0.717) is 21.6 Å². The van der Waals surface area contributed by atoms with Crippen LogP contribution in [0.3, 0.4) is 0 Å². The minimum absolute atomic E-state index is 0.0233. The zero-order valence-corrected chi connectivity index (χ0v) is 12.7. The Morgan fingerprint density at radius 1 is 1.39 bits per heavy atom. The van der Waals surface area contributed by atoms with Gasteiger partial charge in [-0.1, -0.05) is 13.8 Å². The molecule has 0 saturated carbocycles. The minimum Gasteiger partial charge on any atom is -0.383 e. The molecular weight excluding hydrogens is 262 g/mol. The molecule has 0 aromatic carbocycles. The van der Waals surface area contributed by atoms with Crippen LogP contribution in [0.4, 0.5) is 5.82 Å². The summed E-state index contributed by atoms with van der Waals surface area (Å²) in [5.74, 6) is 1.66. The van der Waals surface area contributed by atoms with E-state index < -0.39 is 0 Å². The first-order chi connectivity index (χ1) is 8.49. The van der Waals surface area contributed by atoms with E-state index in [1.54, 1.807) is 6.20 Å². The maximum atomic E-state index is 6.39. The molecule has 100 valence electrons. The highest BCUT2D eigenvalue weighted by atomic mass is 32.2. The zero-order valence-electron chi connectivity index (χ0n) is 11.1. The maximum Gasteiger partial charge on any atom is 0.128 e. The first-order valence-electron chi connectivity index (χ1n) is 6.23. The molecule has 4 atom stereocenters. The summed E-state index contributed by atoms with van der Waals surface area (Å²) >= 11 is 3.99. The molecular formula is C13H21N3S2. The SMILES string of the molecule is Cc1cnc(N)c(C(N)C2CSC(C)C(C)S2)c1. The van der Waals surface area contributed by atoms with Crippen molar-refractivity contribution in [2.45, 2.75) is 42.6 Å². The maximum absolute atomic E-state index is 6.39. The van der Waals surface area contributed by atoms with E-state index in [2.05, 4.69) is 24.9 Å². The zero-order chi connectivity index (χ0) is 13.3. The molecule has 1 saturated heterocycles. The van der Waals surface area contributed by atoms with E-state index >= 15 is 0 Å². The van der Waals surface area contributed by atoms with Gasteiger partial charge in [-0.25, -0.2) is 4.98 Å². The predicted octanol–water partition coefficient (Wildman–Crippen LogP) is 2.60. The molecule has 1 aliphatic rings. The third-order valence-corrected chi connectivity index (χ3v) is 6.94. The third-order valence-electron chi connectivity index (χ3n) is 3.42. The van der Waals surface area contributed by atoms with Crippen LogP contribution in [0.25, 0.3) is 0 Å². The Kier molecular flexibility index (Phi) is 4.45. The number of thioether (sulfide) groups is 2. The number of aromatic nitrogens is 1. The first-order valence-corrected chi connectivity index (χ1v) is 8.23. The number of pyridine rings is 1. The first kappa shape index (κ1) is 14.0. The molecule has 4 N–H and O–H groups in total. The Morgan fingerprint density at radius 3 is 2.78 bits per heavy atom. The van der Waals surface area contributed by atoms with Gasteiger partial charge >= 0.3 is 0 Å². The second-order valence-corrected chi connectivity index (χ2v) is 7.96. The lowest BCUT2D eigenvalue weighted by Gasteiger charge is -2.34. The summed E-state index contributed by atoms with van der Waals surface area (Å²) in [5.41, 5.74) is 14.5. The lowest BCUT2D eigenvalue weighted by atomic mass is 10.0. The second kappa shape index (κ2) is 5.72. The summed E-state index contributed by atoms with van der Waals surface area (Å²) in [6, 6.07) is 2.05. The number of nitrogen functional groups attached to an aromatic ring is 1. The topological polar surface area (TPSA) is 64.9 Å². The molecule has 1 aliphatic heterocycles. The molecule has 1 fully saturated rings. The Bertz CT molecular complexity index is 425. The Balaban J connectivity index is 2.16. The van der Waals surface area contributed by atoms with Crippen LogP contribution in [0.1, 0.15) is 31.0 Å². The third kappa shape index (κ3) is 2.95. The number of nitrogens with two attached hydrogens (primary N) is 2. The van der Waals surface area contributed by atoms with Gasteiger partial charge in [0.15, 0.2) is 0 Å². The van der Waals surface area contributed by atoms with Gasteiger partial charge in [-0.2, -0.15) is 23.5 Å². The van der Waals surface area contributed by atoms with E-state index in [1.165, 1.54) is 0 Å². The normalized spacial score (nSPS) is 30.1. The van der Waals surface area contributed by atoms with E-state index in [0.717, 1.165) is 16.9 Å². The van der Waals surface area contributed by atoms with Gasteiger partial charge in [0.1, 0.15) is 5.82 Å².